The lowest BCUT2D eigenvalue weighted by molar-refractivity contribution is -0.138. The SMILES string of the molecule is COc1ccc(N=NC(=O)N[C@@H](CC(C)C)C(=O)NCC(=O)O)cc1. The Hall–Kier alpha value is -2.97. The number of hydrogen-bond donors (Lipinski definition) is 3. The second-order valence-corrected chi connectivity index (χ2v) is 5.64. The van der Waals surface area contributed by atoms with E-state index < -0.39 is 30.5 Å². The number of hydrogen-bond acceptors (Lipinski definition) is 5. The molecule has 25 heavy (non-hydrogen) atoms. The molecule has 136 valence electrons. The molecule has 1 rings (SSSR count). The van der Waals surface area contributed by atoms with E-state index >= 15 is 0 Å². The van der Waals surface area contributed by atoms with Crippen molar-refractivity contribution in [2.24, 2.45) is 16.1 Å². The van der Waals surface area contributed by atoms with Crippen LogP contribution >= 0.6 is 0 Å². The maximum Gasteiger partial charge on any atom is 0.360 e. The zero-order valence-corrected chi connectivity index (χ0v) is 14.4. The molecule has 0 unspecified atom stereocenters. The van der Waals surface area contributed by atoms with Gasteiger partial charge in [-0.1, -0.05) is 19.0 Å². The minimum atomic E-state index is -1.16. The van der Waals surface area contributed by atoms with Gasteiger partial charge in [-0.25, -0.2) is 4.79 Å². The number of aliphatic carboxylic acids is 1. The molecule has 0 heterocycles. The predicted octanol–water partition coefficient (Wildman–Crippen LogP) is 2.10. The van der Waals surface area contributed by atoms with Crippen LogP contribution < -0.4 is 15.4 Å². The molecule has 0 aliphatic heterocycles. The van der Waals surface area contributed by atoms with E-state index in [1.807, 2.05) is 13.8 Å². The number of carboxylic acids is 1. The van der Waals surface area contributed by atoms with Gasteiger partial charge in [-0.15, -0.1) is 5.11 Å². The van der Waals surface area contributed by atoms with E-state index in [0.29, 0.717) is 17.9 Å². The molecule has 0 bridgehead atoms. The maximum atomic E-state index is 12.0. The van der Waals surface area contributed by atoms with Gasteiger partial charge in [0.15, 0.2) is 0 Å². The Morgan fingerprint density at radius 3 is 2.36 bits per heavy atom. The topological polar surface area (TPSA) is 129 Å². The van der Waals surface area contributed by atoms with Gasteiger partial charge in [-0.2, -0.15) is 0 Å². The molecular weight excluding hydrogens is 328 g/mol. The van der Waals surface area contributed by atoms with Crippen molar-refractivity contribution in [2.45, 2.75) is 26.3 Å². The molecule has 9 heteroatoms. The maximum absolute atomic E-state index is 12.0. The van der Waals surface area contributed by atoms with Gasteiger partial charge >= 0.3 is 12.0 Å². The molecule has 3 N–H and O–H groups in total. The molecule has 0 saturated heterocycles. The second kappa shape index (κ2) is 10.0. The molecule has 0 radical (unpaired) electrons. The lowest BCUT2D eigenvalue weighted by atomic mass is 10.0. The molecule has 0 saturated carbocycles. The molecule has 0 fully saturated rings. The van der Waals surface area contributed by atoms with Gasteiger partial charge in [-0.3, -0.25) is 9.59 Å². The first-order chi connectivity index (χ1) is 11.8. The summed E-state index contributed by atoms with van der Waals surface area (Å²) < 4.78 is 5.01. The quantitative estimate of drug-likeness (QED) is 0.618. The summed E-state index contributed by atoms with van der Waals surface area (Å²) in [6.45, 7) is 3.24. The number of methoxy groups -OCH3 is 1. The summed E-state index contributed by atoms with van der Waals surface area (Å²) in [6.07, 6.45) is 0.343. The van der Waals surface area contributed by atoms with Crippen LogP contribution in [0.1, 0.15) is 20.3 Å². The van der Waals surface area contributed by atoms with Crippen LogP contribution in [-0.4, -0.2) is 42.7 Å². The zero-order valence-electron chi connectivity index (χ0n) is 14.4. The van der Waals surface area contributed by atoms with E-state index in [0.717, 1.165) is 0 Å². The van der Waals surface area contributed by atoms with Crippen LogP contribution in [0, 0.1) is 5.92 Å². The fourth-order valence-corrected chi connectivity index (χ4v) is 1.92. The second-order valence-electron chi connectivity index (χ2n) is 5.64. The van der Waals surface area contributed by atoms with Gasteiger partial charge in [0.2, 0.25) is 5.91 Å². The standard InChI is InChI=1S/C16H22N4O5/c1-10(2)8-13(15(23)17-9-14(21)22)18-16(24)20-19-11-4-6-12(25-3)7-5-11/h4-7,10,13H,8-9H2,1-3H3,(H,17,23)(H,18,24)(H,21,22)/t13-/m0/s1. The van der Waals surface area contributed by atoms with E-state index in [2.05, 4.69) is 20.9 Å². The Balaban J connectivity index is 2.67. The number of carbonyl (C=O) groups excluding carboxylic acids is 2. The molecule has 0 aromatic heterocycles. The van der Waals surface area contributed by atoms with E-state index in [1.165, 1.54) is 7.11 Å². The first-order valence-corrected chi connectivity index (χ1v) is 7.67. The van der Waals surface area contributed by atoms with Gasteiger partial charge in [0.05, 0.1) is 12.8 Å². The number of nitrogens with zero attached hydrogens (tertiary/aromatic N) is 2. The Morgan fingerprint density at radius 1 is 1.20 bits per heavy atom. The summed E-state index contributed by atoms with van der Waals surface area (Å²) in [4.78, 5) is 34.4. The van der Waals surface area contributed by atoms with Crippen molar-refractivity contribution in [3.05, 3.63) is 24.3 Å². The monoisotopic (exact) mass is 350 g/mol. The molecular formula is C16H22N4O5. The van der Waals surface area contributed by atoms with Gasteiger partial charge in [-0.05, 0) is 36.6 Å². The van der Waals surface area contributed by atoms with E-state index in [-0.39, 0.29) is 5.92 Å². The number of carboxylic acid groups (broad SMARTS) is 1. The third-order valence-corrected chi connectivity index (χ3v) is 3.06. The van der Waals surface area contributed by atoms with Crippen LogP contribution in [0.5, 0.6) is 5.75 Å². The van der Waals surface area contributed by atoms with E-state index in [1.54, 1.807) is 24.3 Å². The third kappa shape index (κ3) is 7.91. The average molecular weight is 350 g/mol. The number of azo groups is 1. The van der Waals surface area contributed by atoms with Crippen molar-refractivity contribution < 1.29 is 24.2 Å². The molecule has 0 aliphatic carbocycles. The number of ether oxygens (including phenoxy) is 1. The number of rotatable bonds is 8. The van der Waals surface area contributed by atoms with Gasteiger partial charge in [0, 0.05) is 0 Å². The van der Waals surface area contributed by atoms with Crippen molar-refractivity contribution in [1.82, 2.24) is 10.6 Å². The van der Waals surface area contributed by atoms with Gasteiger partial charge in [0.25, 0.3) is 0 Å². The fraction of sp³-hybridized carbons (Fsp3) is 0.438. The van der Waals surface area contributed by atoms with Crippen molar-refractivity contribution in [2.75, 3.05) is 13.7 Å². The number of carbonyl (C=O) groups is 3. The molecule has 3 amide bonds. The smallest absolute Gasteiger partial charge is 0.360 e. The first-order valence-electron chi connectivity index (χ1n) is 7.67. The highest BCUT2D eigenvalue weighted by Gasteiger charge is 2.22. The average Bonchev–Trinajstić information content (AvgIpc) is 2.57. The van der Waals surface area contributed by atoms with Crippen molar-refractivity contribution in [1.29, 1.82) is 0 Å². The minimum absolute atomic E-state index is 0.111. The third-order valence-electron chi connectivity index (χ3n) is 3.06. The summed E-state index contributed by atoms with van der Waals surface area (Å²) in [6, 6.07) is 4.93. The number of amides is 3. The summed E-state index contributed by atoms with van der Waals surface area (Å²) in [5, 5.41) is 20.6. The summed E-state index contributed by atoms with van der Waals surface area (Å²) in [5.41, 5.74) is 0.451. The molecule has 9 nitrogen and oxygen atoms in total. The number of benzene rings is 1. The van der Waals surface area contributed by atoms with Crippen molar-refractivity contribution >= 4 is 23.6 Å². The zero-order chi connectivity index (χ0) is 18.8. The predicted molar refractivity (Wildman–Crippen MR) is 89.9 cm³/mol. The highest BCUT2D eigenvalue weighted by molar-refractivity contribution is 5.89. The summed E-state index contributed by atoms with van der Waals surface area (Å²) in [7, 11) is 1.54. The molecule has 1 atom stereocenters. The Kier molecular flexibility index (Phi) is 8.04. The molecule has 1 aromatic carbocycles. The van der Waals surface area contributed by atoms with Crippen LogP contribution in [0.3, 0.4) is 0 Å². The minimum Gasteiger partial charge on any atom is -0.497 e. The van der Waals surface area contributed by atoms with Crippen LogP contribution in [-0.2, 0) is 9.59 Å². The largest absolute Gasteiger partial charge is 0.497 e. The number of urea groups is 1. The summed E-state index contributed by atoms with van der Waals surface area (Å²) >= 11 is 0. The Labute approximate surface area is 145 Å². The fourth-order valence-electron chi connectivity index (χ4n) is 1.92. The van der Waals surface area contributed by atoms with Crippen molar-refractivity contribution in [3.8, 4) is 5.75 Å². The Bertz CT molecular complexity index is 628. The molecule has 1 aromatic rings. The van der Waals surface area contributed by atoms with Crippen LogP contribution in [0.25, 0.3) is 0 Å². The summed E-state index contributed by atoms with van der Waals surface area (Å²) in [5.74, 6) is -0.985. The molecule has 0 spiro atoms. The van der Waals surface area contributed by atoms with Crippen LogP contribution in [0.15, 0.2) is 34.5 Å². The van der Waals surface area contributed by atoms with Gasteiger partial charge < -0.3 is 20.5 Å². The normalized spacial score (nSPS) is 12.0. The van der Waals surface area contributed by atoms with E-state index in [9.17, 15) is 14.4 Å². The lowest BCUT2D eigenvalue weighted by Gasteiger charge is -2.18. The van der Waals surface area contributed by atoms with Crippen LogP contribution in [0.4, 0.5) is 10.5 Å². The molecule has 0 aliphatic rings. The highest BCUT2D eigenvalue weighted by atomic mass is 16.5. The van der Waals surface area contributed by atoms with Gasteiger partial charge in [0.1, 0.15) is 18.3 Å². The highest BCUT2D eigenvalue weighted by Crippen LogP contribution is 2.17. The lowest BCUT2D eigenvalue weighted by Crippen LogP contribution is -2.47. The number of nitrogens with one attached hydrogen (secondary N) is 2. The van der Waals surface area contributed by atoms with E-state index in [4.69, 9.17) is 9.84 Å². The first kappa shape index (κ1) is 20.1. The Morgan fingerprint density at radius 2 is 1.84 bits per heavy atom. The van der Waals surface area contributed by atoms with Crippen LogP contribution in [0.2, 0.25) is 0 Å². The van der Waals surface area contributed by atoms with Crippen molar-refractivity contribution in [3.63, 3.8) is 0 Å².